The third-order valence-electron chi connectivity index (χ3n) is 4.37. The molecule has 3 atom stereocenters. The van der Waals surface area contributed by atoms with E-state index in [2.05, 4.69) is 31.2 Å². The number of hydrogen-bond donors (Lipinski definition) is 0. The SMILES string of the molecule is CCOC(CC1C(=O)CCCC1c1cccc(C)c1)OC. The highest BCUT2D eigenvalue weighted by molar-refractivity contribution is 5.82. The number of Topliss-reactive ketones (excluding diaryl/α,β-unsaturated/α-hetero) is 1. The van der Waals surface area contributed by atoms with Crippen LogP contribution in [0.4, 0.5) is 0 Å². The molecule has 0 spiro atoms. The van der Waals surface area contributed by atoms with E-state index in [0.717, 1.165) is 12.8 Å². The van der Waals surface area contributed by atoms with Crippen molar-refractivity contribution in [1.29, 1.82) is 0 Å². The Morgan fingerprint density at radius 1 is 1.38 bits per heavy atom. The van der Waals surface area contributed by atoms with Gasteiger partial charge in [-0.2, -0.15) is 0 Å². The third kappa shape index (κ3) is 4.14. The van der Waals surface area contributed by atoms with Crippen LogP contribution in [-0.4, -0.2) is 25.8 Å². The second-order valence-corrected chi connectivity index (χ2v) is 5.84. The highest BCUT2D eigenvalue weighted by Gasteiger charge is 2.34. The molecule has 1 fully saturated rings. The summed E-state index contributed by atoms with van der Waals surface area (Å²) in [6.07, 6.45) is 3.12. The lowest BCUT2D eigenvalue weighted by molar-refractivity contribution is -0.145. The van der Waals surface area contributed by atoms with Crippen molar-refractivity contribution in [2.75, 3.05) is 13.7 Å². The predicted octanol–water partition coefficient (Wildman–Crippen LogP) is 3.85. The third-order valence-corrected chi connectivity index (χ3v) is 4.37. The largest absolute Gasteiger partial charge is 0.356 e. The maximum absolute atomic E-state index is 12.4. The van der Waals surface area contributed by atoms with Gasteiger partial charge in [0.15, 0.2) is 6.29 Å². The van der Waals surface area contributed by atoms with E-state index in [0.29, 0.717) is 31.1 Å². The summed E-state index contributed by atoms with van der Waals surface area (Å²) in [5.41, 5.74) is 2.52. The normalized spacial score (nSPS) is 24.0. The Balaban J connectivity index is 2.18. The molecule has 3 nitrogen and oxygen atoms in total. The number of hydrogen-bond acceptors (Lipinski definition) is 3. The van der Waals surface area contributed by atoms with E-state index in [1.54, 1.807) is 7.11 Å². The van der Waals surface area contributed by atoms with E-state index in [-0.39, 0.29) is 12.2 Å². The summed E-state index contributed by atoms with van der Waals surface area (Å²) in [7, 11) is 1.65. The second kappa shape index (κ2) is 7.71. The molecule has 1 aliphatic carbocycles. The van der Waals surface area contributed by atoms with Crippen LogP contribution in [0.25, 0.3) is 0 Å². The average Bonchev–Trinajstić information content (AvgIpc) is 2.48. The van der Waals surface area contributed by atoms with Gasteiger partial charge >= 0.3 is 0 Å². The van der Waals surface area contributed by atoms with Crippen molar-refractivity contribution in [2.45, 2.75) is 51.7 Å². The minimum atomic E-state index is -0.283. The number of benzene rings is 1. The van der Waals surface area contributed by atoms with Gasteiger partial charge in [-0.05, 0) is 38.2 Å². The molecule has 3 unspecified atom stereocenters. The Bertz CT molecular complexity index is 469. The Morgan fingerprint density at radius 2 is 2.19 bits per heavy atom. The first-order chi connectivity index (χ1) is 10.2. The van der Waals surface area contributed by atoms with E-state index in [4.69, 9.17) is 9.47 Å². The highest BCUT2D eigenvalue weighted by atomic mass is 16.7. The maximum atomic E-state index is 12.4. The molecule has 0 radical (unpaired) electrons. The van der Waals surface area contributed by atoms with Gasteiger partial charge in [-0.3, -0.25) is 4.79 Å². The van der Waals surface area contributed by atoms with Gasteiger partial charge in [0.1, 0.15) is 5.78 Å². The molecule has 0 N–H and O–H groups in total. The summed E-state index contributed by atoms with van der Waals surface area (Å²) in [6.45, 7) is 4.66. The molecule has 0 amide bonds. The zero-order chi connectivity index (χ0) is 15.2. The highest BCUT2D eigenvalue weighted by Crippen LogP contribution is 2.39. The molecule has 0 saturated heterocycles. The summed E-state index contributed by atoms with van der Waals surface area (Å²) in [5.74, 6) is 0.663. The van der Waals surface area contributed by atoms with Crippen molar-refractivity contribution in [3.8, 4) is 0 Å². The number of carbonyl (C=O) groups excluding carboxylic acids is 1. The molecule has 0 bridgehead atoms. The van der Waals surface area contributed by atoms with Crippen molar-refractivity contribution >= 4 is 5.78 Å². The fourth-order valence-corrected chi connectivity index (χ4v) is 3.33. The molecule has 1 aliphatic rings. The summed E-state index contributed by atoms with van der Waals surface area (Å²) >= 11 is 0. The lowest BCUT2D eigenvalue weighted by Crippen LogP contribution is -2.32. The summed E-state index contributed by atoms with van der Waals surface area (Å²) in [6, 6.07) is 8.53. The van der Waals surface area contributed by atoms with Crippen LogP contribution < -0.4 is 0 Å². The van der Waals surface area contributed by atoms with Crippen molar-refractivity contribution in [2.24, 2.45) is 5.92 Å². The Morgan fingerprint density at radius 3 is 2.86 bits per heavy atom. The number of methoxy groups -OCH3 is 1. The van der Waals surface area contributed by atoms with Gasteiger partial charge in [0, 0.05) is 32.5 Å². The number of aryl methyl sites for hydroxylation is 1. The van der Waals surface area contributed by atoms with Gasteiger partial charge in [-0.15, -0.1) is 0 Å². The Hall–Kier alpha value is -1.19. The summed E-state index contributed by atoms with van der Waals surface area (Å²) in [4.78, 5) is 12.4. The minimum Gasteiger partial charge on any atom is -0.356 e. The van der Waals surface area contributed by atoms with Gasteiger partial charge in [0.05, 0.1) is 0 Å². The number of carbonyl (C=O) groups is 1. The standard InChI is InChI=1S/C18H26O3/c1-4-21-18(20-3)12-16-15(9-6-10-17(16)19)14-8-5-7-13(2)11-14/h5,7-8,11,15-16,18H,4,6,9-10,12H2,1-3H3. The first-order valence-corrected chi connectivity index (χ1v) is 7.89. The monoisotopic (exact) mass is 290 g/mol. The van der Waals surface area contributed by atoms with Gasteiger partial charge in [-0.25, -0.2) is 0 Å². The van der Waals surface area contributed by atoms with Crippen LogP contribution in [0, 0.1) is 12.8 Å². The van der Waals surface area contributed by atoms with E-state index in [1.807, 2.05) is 6.92 Å². The molecule has 3 heteroatoms. The zero-order valence-electron chi connectivity index (χ0n) is 13.3. The Labute approximate surface area is 127 Å². The van der Waals surface area contributed by atoms with Crippen LogP contribution >= 0.6 is 0 Å². The first kappa shape index (κ1) is 16.2. The average molecular weight is 290 g/mol. The summed E-state index contributed by atoms with van der Waals surface area (Å²) < 4.78 is 11.0. The Kier molecular flexibility index (Phi) is 5.95. The molecule has 21 heavy (non-hydrogen) atoms. The van der Waals surface area contributed by atoms with E-state index in [9.17, 15) is 4.79 Å². The molecule has 1 aromatic rings. The number of ketones is 1. The van der Waals surface area contributed by atoms with Gasteiger partial charge in [0.25, 0.3) is 0 Å². The van der Waals surface area contributed by atoms with Crippen molar-refractivity contribution in [3.63, 3.8) is 0 Å². The molecule has 0 aliphatic heterocycles. The molecule has 0 heterocycles. The van der Waals surface area contributed by atoms with E-state index in [1.165, 1.54) is 11.1 Å². The fraction of sp³-hybridized carbons (Fsp3) is 0.611. The van der Waals surface area contributed by atoms with Crippen LogP contribution in [-0.2, 0) is 14.3 Å². The topological polar surface area (TPSA) is 35.5 Å². The molecule has 1 saturated carbocycles. The molecule has 2 rings (SSSR count). The van der Waals surface area contributed by atoms with Crippen LogP contribution in [0.3, 0.4) is 0 Å². The maximum Gasteiger partial charge on any atom is 0.157 e. The lowest BCUT2D eigenvalue weighted by atomic mass is 9.73. The van der Waals surface area contributed by atoms with Crippen molar-refractivity contribution in [1.82, 2.24) is 0 Å². The minimum absolute atomic E-state index is 0.0112. The first-order valence-electron chi connectivity index (χ1n) is 7.89. The van der Waals surface area contributed by atoms with Gasteiger partial charge < -0.3 is 9.47 Å². The molecule has 1 aromatic carbocycles. The zero-order valence-corrected chi connectivity index (χ0v) is 13.3. The van der Waals surface area contributed by atoms with Crippen LogP contribution in [0.5, 0.6) is 0 Å². The molecular formula is C18H26O3. The smallest absolute Gasteiger partial charge is 0.157 e. The van der Waals surface area contributed by atoms with Gasteiger partial charge in [-0.1, -0.05) is 29.8 Å². The van der Waals surface area contributed by atoms with E-state index < -0.39 is 0 Å². The van der Waals surface area contributed by atoms with Gasteiger partial charge in [0.2, 0.25) is 0 Å². The van der Waals surface area contributed by atoms with Crippen LogP contribution in [0.1, 0.15) is 49.7 Å². The predicted molar refractivity (Wildman–Crippen MR) is 83.3 cm³/mol. The number of rotatable bonds is 6. The van der Waals surface area contributed by atoms with Crippen molar-refractivity contribution < 1.29 is 14.3 Å². The summed E-state index contributed by atoms with van der Waals surface area (Å²) in [5, 5.41) is 0. The molecule has 0 aromatic heterocycles. The van der Waals surface area contributed by atoms with Crippen LogP contribution in [0.2, 0.25) is 0 Å². The quantitative estimate of drug-likeness (QED) is 0.747. The van der Waals surface area contributed by atoms with Crippen LogP contribution in [0.15, 0.2) is 24.3 Å². The fourth-order valence-electron chi connectivity index (χ4n) is 3.33. The molecular weight excluding hydrogens is 264 g/mol. The van der Waals surface area contributed by atoms with Crippen molar-refractivity contribution in [3.05, 3.63) is 35.4 Å². The second-order valence-electron chi connectivity index (χ2n) is 5.84. The number of ether oxygens (including phenoxy) is 2. The van der Waals surface area contributed by atoms with E-state index >= 15 is 0 Å². The molecule has 116 valence electrons. The lowest BCUT2D eigenvalue weighted by Gasteiger charge is -2.33.